The van der Waals surface area contributed by atoms with E-state index in [1.807, 2.05) is 0 Å². The van der Waals surface area contributed by atoms with E-state index in [0.717, 1.165) is 25.0 Å². The minimum Gasteiger partial charge on any atom is -0.391 e. The second-order valence-corrected chi connectivity index (χ2v) is 4.77. The molecule has 0 heterocycles. The van der Waals surface area contributed by atoms with Gasteiger partial charge in [0.2, 0.25) is 0 Å². The molecular weight excluding hydrogens is 277 g/mol. The van der Waals surface area contributed by atoms with Gasteiger partial charge in [0.25, 0.3) is 5.69 Å². The lowest BCUT2D eigenvalue weighted by Crippen LogP contribution is -2.21. The van der Waals surface area contributed by atoms with Gasteiger partial charge in [0.05, 0.1) is 16.6 Å². The number of nitro benzene ring substituents is 1. The van der Waals surface area contributed by atoms with E-state index in [1.165, 1.54) is 0 Å². The third-order valence-corrected chi connectivity index (χ3v) is 3.19. The molecule has 1 fully saturated rings. The van der Waals surface area contributed by atoms with Gasteiger partial charge in [0, 0.05) is 12.6 Å². The van der Waals surface area contributed by atoms with Gasteiger partial charge in [-0.05, 0) is 30.9 Å². The van der Waals surface area contributed by atoms with Gasteiger partial charge in [-0.15, -0.1) is 0 Å². The standard InChI is InChI=1S/C12H13F3N2O3/c13-12(14,15)8-3-4-9(10(5-8)17(19)20)16-6-11(18)7-1-2-7/h3-5,7,11,16,18H,1-2,6H2. The molecule has 8 heteroatoms. The summed E-state index contributed by atoms with van der Waals surface area (Å²) in [5.41, 5.74) is -1.75. The van der Waals surface area contributed by atoms with Gasteiger partial charge in [-0.2, -0.15) is 13.2 Å². The van der Waals surface area contributed by atoms with Crippen molar-refractivity contribution < 1.29 is 23.2 Å². The number of halogens is 3. The SMILES string of the molecule is O=[N+]([O-])c1cc(C(F)(F)F)ccc1NCC(O)C1CC1. The summed E-state index contributed by atoms with van der Waals surface area (Å²) in [6, 6.07) is 2.28. The van der Waals surface area contributed by atoms with Crippen molar-refractivity contribution in [2.75, 3.05) is 11.9 Å². The molecule has 1 saturated carbocycles. The van der Waals surface area contributed by atoms with E-state index in [0.29, 0.717) is 6.07 Å². The molecule has 0 radical (unpaired) electrons. The topological polar surface area (TPSA) is 75.4 Å². The van der Waals surface area contributed by atoms with Crippen LogP contribution in [0.25, 0.3) is 0 Å². The number of hydrogen-bond donors (Lipinski definition) is 2. The summed E-state index contributed by atoms with van der Waals surface area (Å²) in [5, 5.41) is 23.1. The number of benzene rings is 1. The van der Waals surface area contributed by atoms with Gasteiger partial charge in [-0.1, -0.05) is 0 Å². The highest BCUT2D eigenvalue weighted by Crippen LogP contribution is 2.36. The number of nitro groups is 1. The average molecular weight is 290 g/mol. The number of hydrogen-bond acceptors (Lipinski definition) is 4. The Bertz CT molecular complexity index is 515. The molecule has 1 aliphatic carbocycles. The molecule has 1 aromatic rings. The molecule has 5 nitrogen and oxygen atoms in total. The van der Waals surface area contributed by atoms with Crippen LogP contribution >= 0.6 is 0 Å². The van der Waals surface area contributed by atoms with Crippen molar-refractivity contribution in [1.82, 2.24) is 0 Å². The summed E-state index contributed by atoms with van der Waals surface area (Å²) in [5.74, 6) is 0.177. The first-order valence-electron chi connectivity index (χ1n) is 6.06. The third kappa shape index (κ3) is 3.38. The molecule has 0 aliphatic heterocycles. The lowest BCUT2D eigenvalue weighted by atomic mass is 10.1. The fraction of sp³-hybridized carbons (Fsp3) is 0.500. The average Bonchev–Trinajstić information content (AvgIpc) is 3.18. The molecule has 1 atom stereocenters. The summed E-state index contributed by atoms with van der Waals surface area (Å²) >= 11 is 0. The summed E-state index contributed by atoms with van der Waals surface area (Å²) < 4.78 is 37.5. The fourth-order valence-corrected chi connectivity index (χ4v) is 1.87. The quantitative estimate of drug-likeness (QED) is 0.646. The highest BCUT2D eigenvalue weighted by Gasteiger charge is 2.33. The third-order valence-electron chi connectivity index (χ3n) is 3.19. The van der Waals surface area contributed by atoms with E-state index in [2.05, 4.69) is 5.32 Å². The number of nitrogens with zero attached hydrogens (tertiary/aromatic N) is 1. The van der Waals surface area contributed by atoms with Crippen molar-refractivity contribution in [3.8, 4) is 0 Å². The maximum atomic E-state index is 12.5. The first-order chi connectivity index (χ1) is 9.29. The van der Waals surface area contributed by atoms with E-state index < -0.39 is 28.5 Å². The number of aliphatic hydroxyl groups is 1. The van der Waals surface area contributed by atoms with Crippen LogP contribution < -0.4 is 5.32 Å². The Kier molecular flexibility index (Phi) is 3.85. The summed E-state index contributed by atoms with van der Waals surface area (Å²) in [6.07, 6.45) is -3.47. The van der Waals surface area contributed by atoms with Gasteiger partial charge in [0.15, 0.2) is 0 Å². The molecule has 0 amide bonds. The fourth-order valence-electron chi connectivity index (χ4n) is 1.87. The van der Waals surface area contributed by atoms with Crippen LogP contribution in [0.1, 0.15) is 18.4 Å². The molecule has 1 unspecified atom stereocenters. The number of anilines is 1. The van der Waals surface area contributed by atoms with Crippen LogP contribution in [0.3, 0.4) is 0 Å². The van der Waals surface area contributed by atoms with E-state index in [1.54, 1.807) is 0 Å². The van der Waals surface area contributed by atoms with Crippen molar-refractivity contribution in [3.05, 3.63) is 33.9 Å². The lowest BCUT2D eigenvalue weighted by Gasteiger charge is -2.13. The van der Waals surface area contributed by atoms with E-state index in [4.69, 9.17) is 0 Å². The van der Waals surface area contributed by atoms with Gasteiger partial charge in [-0.3, -0.25) is 10.1 Å². The van der Waals surface area contributed by atoms with Crippen LogP contribution in [0.2, 0.25) is 0 Å². The van der Waals surface area contributed by atoms with Crippen LogP contribution in [0.15, 0.2) is 18.2 Å². The van der Waals surface area contributed by atoms with Crippen molar-refractivity contribution in [2.45, 2.75) is 25.1 Å². The van der Waals surface area contributed by atoms with E-state index in [-0.39, 0.29) is 18.2 Å². The van der Waals surface area contributed by atoms with Crippen LogP contribution in [0, 0.1) is 16.0 Å². The normalized spacial score (nSPS) is 16.8. The highest BCUT2D eigenvalue weighted by atomic mass is 19.4. The van der Waals surface area contributed by atoms with Crippen molar-refractivity contribution in [1.29, 1.82) is 0 Å². The second-order valence-electron chi connectivity index (χ2n) is 4.77. The molecule has 0 spiro atoms. The Morgan fingerprint density at radius 1 is 1.45 bits per heavy atom. The summed E-state index contributed by atoms with van der Waals surface area (Å²) in [6.45, 7) is 0.0802. The molecule has 0 saturated heterocycles. The molecule has 2 rings (SSSR count). The van der Waals surface area contributed by atoms with E-state index >= 15 is 0 Å². The van der Waals surface area contributed by atoms with Crippen LogP contribution in [-0.4, -0.2) is 22.7 Å². The second kappa shape index (κ2) is 5.28. The highest BCUT2D eigenvalue weighted by molar-refractivity contribution is 5.63. The predicted molar refractivity (Wildman–Crippen MR) is 65.3 cm³/mol. The zero-order valence-electron chi connectivity index (χ0n) is 10.4. The van der Waals surface area contributed by atoms with Crippen molar-refractivity contribution in [2.24, 2.45) is 5.92 Å². The number of rotatable bonds is 5. The van der Waals surface area contributed by atoms with E-state index in [9.17, 15) is 28.4 Å². The molecule has 1 aromatic carbocycles. The van der Waals surface area contributed by atoms with Gasteiger partial charge < -0.3 is 10.4 Å². The van der Waals surface area contributed by atoms with Crippen LogP contribution in [-0.2, 0) is 6.18 Å². The Balaban J connectivity index is 2.16. The monoisotopic (exact) mass is 290 g/mol. The molecule has 0 bridgehead atoms. The molecule has 20 heavy (non-hydrogen) atoms. The molecule has 110 valence electrons. The Morgan fingerprint density at radius 2 is 2.10 bits per heavy atom. The summed E-state index contributed by atoms with van der Waals surface area (Å²) in [7, 11) is 0. The minimum atomic E-state index is -4.63. The van der Waals surface area contributed by atoms with Crippen molar-refractivity contribution in [3.63, 3.8) is 0 Å². The first-order valence-corrected chi connectivity index (χ1v) is 6.06. The van der Waals surface area contributed by atoms with Gasteiger partial charge >= 0.3 is 6.18 Å². The summed E-state index contributed by atoms with van der Waals surface area (Å²) in [4.78, 5) is 9.95. The molecule has 1 aliphatic rings. The predicted octanol–water partition coefficient (Wildman–Crippen LogP) is 2.80. The first kappa shape index (κ1) is 14.6. The van der Waals surface area contributed by atoms with Gasteiger partial charge in [-0.25, -0.2) is 0 Å². The number of alkyl halides is 3. The van der Waals surface area contributed by atoms with Crippen LogP contribution in [0.4, 0.5) is 24.5 Å². The smallest absolute Gasteiger partial charge is 0.391 e. The van der Waals surface area contributed by atoms with Gasteiger partial charge in [0.1, 0.15) is 5.69 Å². The van der Waals surface area contributed by atoms with Crippen LogP contribution in [0.5, 0.6) is 0 Å². The number of aliphatic hydroxyl groups excluding tert-OH is 1. The minimum absolute atomic E-state index is 0.0253. The molecule has 0 aromatic heterocycles. The van der Waals surface area contributed by atoms with Crippen molar-refractivity contribution >= 4 is 11.4 Å². The maximum absolute atomic E-state index is 12.5. The lowest BCUT2D eigenvalue weighted by molar-refractivity contribution is -0.384. The Labute approximate surface area is 112 Å². The largest absolute Gasteiger partial charge is 0.416 e. The number of nitrogens with one attached hydrogen (secondary N) is 1. The Hall–Kier alpha value is -1.83. The molecular formula is C12H13F3N2O3. The molecule has 2 N–H and O–H groups in total. The Morgan fingerprint density at radius 3 is 2.60 bits per heavy atom. The zero-order valence-corrected chi connectivity index (χ0v) is 10.4. The maximum Gasteiger partial charge on any atom is 0.416 e. The zero-order chi connectivity index (χ0) is 14.9.